The molecule has 1 atom stereocenters. The van der Waals surface area contributed by atoms with Gasteiger partial charge >= 0.3 is 6.03 Å². The molecular formula is C25H32N4O4. The molecule has 8 heteroatoms. The second-order valence-electron chi connectivity index (χ2n) is 7.79. The summed E-state index contributed by atoms with van der Waals surface area (Å²) < 4.78 is 10.5. The average molecular weight is 453 g/mol. The quantitative estimate of drug-likeness (QED) is 0.599. The standard InChI is InChI=1S/C25H32N4O4/c1-4-13-26-25(31)28(14-15-32-2)18-24(30)29-23(19-9-6-5-7-10-19)17-22(27-29)20-11-8-12-21(16-20)33-3/h5-12,16,23H,4,13-15,17-18H2,1-3H3,(H,26,31)/t23-/m1/s1. The van der Waals surface area contributed by atoms with Gasteiger partial charge in [0.15, 0.2) is 0 Å². The molecule has 2 aromatic rings. The second-order valence-corrected chi connectivity index (χ2v) is 7.79. The SMILES string of the molecule is CCCNC(=O)N(CCOC)CC(=O)N1N=C(c2cccc(OC)c2)C[C@@H]1c1ccccc1. The van der Waals surface area contributed by atoms with Crippen LogP contribution in [0.1, 0.15) is 36.9 Å². The molecule has 0 unspecified atom stereocenters. The maximum Gasteiger partial charge on any atom is 0.317 e. The zero-order valence-corrected chi connectivity index (χ0v) is 19.5. The number of methoxy groups -OCH3 is 2. The minimum atomic E-state index is -0.283. The molecule has 0 aliphatic carbocycles. The number of carbonyl (C=O) groups excluding carboxylic acids is 2. The van der Waals surface area contributed by atoms with E-state index >= 15 is 0 Å². The van der Waals surface area contributed by atoms with Gasteiger partial charge in [-0.05, 0) is 24.1 Å². The van der Waals surface area contributed by atoms with E-state index < -0.39 is 0 Å². The van der Waals surface area contributed by atoms with Crippen molar-refractivity contribution in [1.82, 2.24) is 15.2 Å². The molecule has 8 nitrogen and oxygen atoms in total. The van der Waals surface area contributed by atoms with Crippen LogP contribution in [0.2, 0.25) is 0 Å². The Morgan fingerprint density at radius 2 is 1.94 bits per heavy atom. The van der Waals surface area contributed by atoms with Crippen molar-refractivity contribution in [3.8, 4) is 5.75 Å². The lowest BCUT2D eigenvalue weighted by atomic mass is 9.98. The molecule has 1 aliphatic rings. The van der Waals surface area contributed by atoms with Crippen molar-refractivity contribution in [2.45, 2.75) is 25.8 Å². The van der Waals surface area contributed by atoms with E-state index in [4.69, 9.17) is 14.6 Å². The smallest absolute Gasteiger partial charge is 0.317 e. The van der Waals surface area contributed by atoms with E-state index in [0.29, 0.717) is 26.1 Å². The molecule has 176 valence electrons. The summed E-state index contributed by atoms with van der Waals surface area (Å²) in [4.78, 5) is 27.5. The van der Waals surface area contributed by atoms with Crippen molar-refractivity contribution in [3.63, 3.8) is 0 Å². The Balaban J connectivity index is 1.86. The van der Waals surface area contributed by atoms with Gasteiger partial charge in [0, 0.05) is 32.2 Å². The molecule has 0 fully saturated rings. The highest BCUT2D eigenvalue weighted by Gasteiger charge is 2.34. The Kier molecular flexibility index (Phi) is 8.83. The maximum atomic E-state index is 13.4. The number of hydrogen-bond donors (Lipinski definition) is 1. The van der Waals surface area contributed by atoms with Crippen molar-refractivity contribution in [2.75, 3.05) is 40.5 Å². The molecule has 0 bridgehead atoms. The first kappa shape index (κ1) is 24.3. The fourth-order valence-electron chi connectivity index (χ4n) is 3.69. The number of urea groups is 1. The zero-order chi connectivity index (χ0) is 23.6. The van der Waals surface area contributed by atoms with Crippen molar-refractivity contribution in [2.24, 2.45) is 5.10 Å². The van der Waals surface area contributed by atoms with Crippen LogP contribution in [0, 0.1) is 0 Å². The first-order chi connectivity index (χ1) is 16.1. The molecule has 0 aromatic heterocycles. The van der Waals surface area contributed by atoms with E-state index in [1.54, 1.807) is 14.2 Å². The average Bonchev–Trinajstić information content (AvgIpc) is 3.31. The van der Waals surface area contributed by atoms with Crippen LogP contribution < -0.4 is 10.1 Å². The Labute approximate surface area is 195 Å². The van der Waals surface area contributed by atoms with Gasteiger partial charge in [0.25, 0.3) is 5.91 Å². The van der Waals surface area contributed by atoms with Crippen LogP contribution in [-0.4, -0.2) is 68.0 Å². The summed E-state index contributed by atoms with van der Waals surface area (Å²) in [5.41, 5.74) is 2.70. The summed E-state index contributed by atoms with van der Waals surface area (Å²) in [6, 6.07) is 16.9. The zero-order valence-electron chi connectivity index (χ0n) is 19.5. The molecule has 3 rings (SSSR count). The monoisotopic (exact) mass is 452 g/mol. The third kappa shape index (κ3) is 6.32. The third-order valence-electron chi connectivity index (χ3n) is 5.46. The predicted molar refractivity (Wildman–Crippen MR) is 127 cm³/mol. The molecule has 33 heavy (non-hydrogen) atoms. The molecule has 0 radical (unpaired) electrons. The summed E-state index contributed by atoms with van der Waals surface area (Å²) in [5.74, 6) is 0.485. The van der Waals surface area contributed by atoms with Gasteiger partial charge in [0.1, 0.15) is 12.3 Å². The number of hydrogen-bond acceptors (Lipinski definition) is 5. The summed E-state index contributed by atoms with van der Waals surface area (Å²) >= 11 is 0. The van der Waals surface area contributed by atoms with Gasteiger partial charge in [-0.15, -0.1) is 0 Å². The topological polar surface area (TPSA) is 83.5 Å². The number of ether oxygens (including phenoxy) is 2. The highest BCUT2D eigenvalue weighted by atomic mass is 16.5. The molecule has 3 amide bonds. The van der Waals surface area contributed by atoms with Gasteiger partial charge in [-0.1, -0.05) is 49.4 Å². The molecule has 0 saturated carbocycles. The van der Waals surface area contributed by atoms with Gasteiger partial charge < -0.3 is 19.7 Å². The van der Waals surface area contributed by atoms with E-state index in [1.165, 1.54) is 9.91 Å². The number of amides is 3. The molecule has 1 N–H and O–H groups in total. The van der Waals surface area contributed by atoms with Crippen LogP contribution in [0.25, 0.3) is 0 Å². The number of carbonyl (C=O) groups is 2. The fraction of sp³-hybridized carbons (Fsp3) is 0.400. The lowest BCUT2D eigenvalue weighted by Crippen LogP contribution is -2.47. The van der Waals surface area contributed by atoms with Gasteiger partial charge in [-0.25, -0.2) is 9.80 Å². The number of benzene rings is 2. The van der Waals surface area contributed by atoms with Crippen molar-refractivity contribution in [3.05, 3.63) is 65.7 Å². The summed E-state index contributed by atoms with van der Waals surface area (Å²) in [7, 11) is 3.19. The highest BCUT2D eigenvalue weighted by molar-refractivity contribution is 6.03. The van der Waals surface area contributed by atoms with E-state index in [1.807, 2.05) is 61.5 Å². The number of nitrogens with zero attached hydrogens (tertiary/aromatic N) is 3. The van der Waals surface area contributed by atoms with Crippen LogP contribution >= 0.6 is 0 Å². The van der Waals surface area contributed by atoms with Crippen molar-refractivity contribution >= 4 is 17.6 Å². The van der Waals surface area contributed by atoms with E-state index in [2.05, 4.69) is 5.32 Å². The summed E-state index contributed by atoms with van der Waals surface area (Å²) in [6.45, 7) is 3.10. The molecule has 1 aliphatic heterocycles. The van der Waals surface area contributed by atoms with Crippen LogP contribution in [0.15, 0.2) is 59.7 Å². The fourth-order valence-corrected chi connectivity index (χ4v) is 3.69. The normalized spacial score (nSPS) is 15.2. The Hall–Kier alpha value is -3.39. The molecular weight excluding hydrogens is 420 g/mol. The van der Waals surface area contributed by atoms with E-state index in [0.717, 1.165) is 29.0 Å². The first-order valence-corrected chi connectivity index (χ1v) is 11.2. The van der Waals surface area contributed by atoms with Crippen LogP contribution in [-0.2, 0) is 9.53 Å². The predicted octanol–water partition coefficient (Wildman–Crippen LogP) is 3.44. The lowest BCUT2D eigenvalue weighted by molar-refractivity contribution is -0.133. The Morgan fingerprint density at radius 3 is 2.64 bits per heavy atom. The number of nitrogens with one attached hydrogen (secondary N) is 1. The highest BCUT2D eigenvalue weighted by Crippen LogP contribution is 2.33. The van der Waals surface area contributed by atoms with Gasteiger partial charge in [0.05, 0.1) is 25.5 Å². The lowest BCUT2D eigenvalue weighted by Gasteiger charge is -2.27. The van der Waals surface area contributed by atoms with Gasteiger partial charge in [-0.2, -0.15) is 5.10 Å². The minimum absolute atomic E-state index is 0.0862. The van der Waals surface area contributed by atoms with Gasteiger partial charge in [0.2, 0.25) is 0 Å². The molecule has 2 aromatic carbocycles. The van der Waals surface area contributed by atoms with E-state index in [9.17, 15) is 9.59 Å². The van der Waals surface area contributed by atoms with E-state index in [-0.39, 0.29) is 24.5 Å². The van der Waals surface area contributed by atoms with Crippen molar-refractivity contribution in [1.29, 1.82) is 0 Å². The Bertz CT molecular complexity index is 964. The number of hydrazone groups is 1. The summed E-state index contributed by atoms with van der Waals surface area (Å²) in [5, 5.41) is 9.05. The Morgan fingerprint density at radius 1 is 1.15 bits per heavy atom. The largest absolute Gasteiger partial charge is 0.497 e. The summed E-state index contributed by atoms with van der Waals surface area (Å²) in [6.07, 6.45) is 1.39. The van der Waals surface area contributed by atoms with Crippen LogP contribution in [0.5, 0.6) is 5.75 Å². The third-order valence-corrected chi connectivity index (χ3v) is 5.46. The van der Waals surface area contributed by atoms with Crippen LogP contribution in [0.3, 0.4) is 0 Å². The molecule has 0 spiro atoms. The minimum Gasteiger partial charge on any atom is -0.497 e. The molecule has 1 heterocycles. The first-order valence-electron chi connectivity index (χ1n) is 11.2. The number of rotatable bonds is 10. The van der Waals surface area contributed by atoms with Gasteiger partial charge in [-0.3, -0.25) is 4.79 Å². The van der Waals surface area contributed by atoms with Crippen LogP contribution in [0.4, 0.5) is 4.79 Å². The van der Waals surface area contributed by atoms with Crippen molar-refractivity contribution < 1.29 is 19.1 Å². The second kappa shape index (κ2) is 12.0. The molecule has 0 saturated heterocycles. The maximum absolute atomic E-state index is 13.4.